The zero-order chi connectivity index (χ0) is 35.6. The van der Waals surface area contributed by atoms with Gasteiger partial charge in [0.15, 0.2) is 5.58 Å². The Morgan fingerprint density at radius 1 is 0.352 bits per heavy atom. The highest BCUT2D eigenvalue weighted by Gasteiger charge is 2.18. The van der Waals surface area contributed by atoms with E-state index in [0.29, 0.717) is 5.89 Å². The van der Waals surface area contributed by atoms with Crippen LogP contribution < -0.4 is 4.90 Å². The molecule has 0 N–H and O–H groups in total. The highest BCUT2D eigenvalue weighted by Crippen LogP contribution is 2.41. The minimum atomic E-state index is 0.630. The van der Waals surface area contributed by atoms with Gasteiger partial charge in [0.1, 0.15) is 5.52 Å². The van der Waals surface area contributed by atoms with Crippen LogP contribution in [-0.2, 0) is 0 Å². The number of anilines is 3. The summed E-state index contributed by atoms with van der Waals surface area (Å²) in [5.41, 5.74) is 7.98. The van der Waals surface area contributed by atoms with E-state index in [2.05, 4.69) is 193 Å². The largest absolute Gasteiger partial charge is 0.435 e. The van der Waals surface area contributed by atoms with Crippen LogP contribution in [0.5, 0.6) is 0 Å². The second-order valence-electron chi connectivity index (χ2n) is 14.0. The van der Waals surface area contributed by atoms with E-state index in [1.807, 2.05) is 6.07 Å². The summed E-state index contributed by atoms with van der Waals surface area (Å²) in [6.07, 6.45) is 0. The average molecular weight is 689 g/mol. The molecular formula is C51H32N2O. The first kappa shape index (κ1) is 30.4. The molecule has 0 bridgehead atoms. The first-order valence-electron chi connectivity index (χ1n) is 18.4. The summed E-state index contributed by atoms with van der Waals surface area (Å²) in [5.74, 6) is 0.630. The molecule has 0 unspecified atom stereocenters. The number of hydrogen-bond donors (Lipinski definition) is 0. The molecule has 0 atom stereocenters. The lowest BCUT2D eigenvalue weighted by Crippen LogP contribution is -2.10. The maximum absolute atomic E-state index is 6.58. The SMILES string of the molecule is c1ccc2cc(N(c3ccc(-c4cccc5nc(-c6cccc7ccccc67)oc45)cc3)c3ccc4c(ccc5c6ccccc6ccc45)c3)ccc2c1. The third kappa shape index (κ3) is 4.94. The molecule has 0 saturated carbocycles. The Morgan fingerprint density at radius 2 is 0.889 bits per heavy atom. The molecular weight excluding hydrogens is 657 g/mol. The second kappa shape index (κ2) is 12.2. The number of rotatable bonds is 5. The number of oxazole rings is 1. The second-order valence-corrected chi connectivity index (χ2v) is 14.0. The molecule has 3 nitrogen and oxygen atoms in total. The standard InChI is InChI=1S/C51H32N2O/c1-2-12-37-31-40(26-19-33(37)9-1)53(41-27-30-44-38(32-41)23-29-46-42-14-5-4-11-35(42)22-28-47(44)46)39-24-20-36(21-25-39)45-16-8-18-49-50(45)54-51(52-49)48-17-7-13-34-10-3-6-15-43(34)48/h1-32H. The first-order valence-corrected chi connectivity index (χ1v) is 18.4. The molecule has 0 spiro atoms. The lowest BCUT2D eigenvalue weighted by molar-refractivity contribution is 0.621. The van der Waals surface area contributed by atoms with Gasteiger partial charge in [-0.15, -0.1) is 0 Å². The van der Waals surface area contributed by atoms with E-state index in [1.54, 1.807) is 0 Å². The summed E-state index contributed by atoms with van der Waals surface area (Å²) >= 11 is 0. The molecule has 0 fully saturated rings. The molecule has 11 aromatic rings. The predicted octanol–water partition coefficient (Wildman–Crippen LogP) is 14.4. The smallest absolute Gasteiger partial charge is 0.227 e. The van der Waals surface area contributed by atoms with Crippen molar-refractivity contribution >= 4 is 82.0 Å². The van der Waals surface area contributed by atoms with Gasteiger partial charge in [-0.1, -0.05) is 146 Å². The Balaban J connectivity index is 1.03. The van der Waals surface area contributed by atoms with Crippen molar-refractivity contribution in [3.05, 3.63) is 194 Å². The number of hydrogen-bond acceptors (Lipinski definition) is 3. The third-order valence-corrected chi connectivity index (χ3v) is 10.8. The number of aromatic nitrogens is 1. The first-order chi connectivity index (χ1) is 26.7. The Morgan fingerprint density at radius 3 is 1.70 bits per heavy atom. The van der Waals surface area contributed by atoms with Gasteiger partial charge in [-0.2, -0.15) is 0 Å². The monoisotopic (exact) mass is 688 g/mol. The normalized spacial score (nSPS) is 11.7. The van der Waals surface area contributed by atoms with Crippen LogP contribution in [0.2, 0.25) is 0 Å². The Kier molecular flexibility index (Phi) is 6.86. The van der Waals surface area contributed by atoms with Crippen molar-refractivity contribution in [1.29, 1.82) is 0 Å². The minimum absolute atomic E-state index is 0.630. The van der Waals surface area contributed by atoms with E-state index in [0.717, 1.165) is 55.6 Å². The maximum Gasteiger partial charge on any atom is 0.227 e. The molecule has 0 saturated heterocycles. The molecule has 0 aliphatic rings. The third-order valence-electron chi connectivity index (χ3n) is 10.8. The van der Waals surface area contributed by atoms with Crippen LogP contribution in [0, 0.1) is 0 Å². The Bertz CT molecular complexity index is 3230. The van der Waals surface area contributed by atoms with E-state index >= 15 is 0 Å². The van der Waals surface area contributed by atoms with Crippen LogP contribution in [0.4, 0.5) is 17.1 Å². The Hall–Kier alpha value is -7.23. The topological polar surface area (TPSA) is 29.3 Å². The van der Waals surface area contributed by atoms with Crippen LogP contribution in [0.25, 0.3) is 87.5 Å². The minimum Gasteiger partial charge on any atom is -0.435 e. The van der Waals surface area contributed by atoms with Gasteiger partial charge >= 0.3 is 0 Å². The van der Waals surface area contributed by atoms with Crippen LogP contribution in [0.1, 0.15) is 0 Å². The number of benzene rings is 10. The van der Waals surface area contributed by atoms with Gasteiger partial charge in [-0.25, -0.2) is 4.98 Å². The molecule has 1 heterocycles. The molecule has 11 rings (SSSR count). The number of para-hydroxylation sites is 1. The van der Waals surface area contributed by atoms with Crippen molar-refractivity contribution in [3.63, 3.8) is 0 Å². The highest BCUT2D eigenvalue weighted by molar-refractivity contribution is 6.17. The molecule has 54 heavy (non-hydrogen) atoms. The van der Waals surface area contributed by atoms with Gasteiger partial charge in [0.2, 0.25) is 5.89 Å². The van der Waals surface area contributed by atoms with Crippen LogP contribution in [0.3, 0.4) is 0 Å². The van der Waals surface area contributed by atoms with Gasteiger partial charge in [0.25, 0.3) is 0 Å². The molecule has 0 aliphatic heterocycles. The van der Waals surface area contributed by atoms with E-state index in [4.69, 9.17) is 9.40 Å². The highest BCUT2D eigenvalue weighted by atomic mass is 16.3. The van der Waals surface area contributed by atoms with Crippen molar-refractivity contribution in [2.24, 2.45) is 0 Å². The van der Waals surface area contributed by atoms with Gasteiger partial charge < -0.3 is 9.32 Å². The number of nitrogens with zero attached hydrogens (tertiary/aromatic N) is 2. The molecule has 0 aliphatic carbocycles. The average Bonchev–Trinajstić information content (AvgIpc) is 3.68. The zero-order valence-electron chi connectivity index (χ0n) is 29.3. The van der Waals surface area contributed by atoms with E-state index in [9.17, 15) is 0 Å². The summed E-state index contributed by atoms with van der Waals surface area (Å²) < 4.78 is 6.58. The lowest BCUT2D eigenvalue weighted by Gasteiger charge is -2.26. The molecule has 252 valence electrons. The van der Waals surface area contributed by atoms with Crippen molar-refractivity contribution < 1.29 is 4.42 Å². The Labute approximate surface area is 312 Å². The number of fused-ring (bicyclic) bond motifs is 8. The summed E-state index contributed by atoms with van der Waals surface area (Å²) in [5, 5.41) is 12.3. The summed E-state index contributed by atoms with van der Waals surface area (Å²) in [7, 11) is 0. The van der Waals surface area contributed by atoms with Crippen molar-refractivity contribution in [2.75, 3.05) is 4.90 Å². The lowest BCUT2D eigenvalue weighted by atomic mass is 9.96. The fourth-order valence-electron chi connectivity index (χ4n) is 8.21. The van der Waals surface area contributed by atoms with E-state index in [-0.39, 0.29) is 0 Å². The van der Waals surface area contributed by atoms with E-state index < -0.39 is 0 Å². The fourth-order valence-corrected chi connectivity index (χ4v) is 8.21. The van der Waals surface area contributed by atoms with E-state index in [1.165, 1.54) is 43.1 Å². The van der Waals surface area contributed by atoms with Gasteiger partial charge in [0.05, 0.1) is 0 Å². The van der Waals surface area contributed by atoms with Gasteiger partial charge in [0, 0.05) is 28.2 Å². The maximum atomic E-state index is 6.58. The molecule has 10 aromatic carbocycles. The predicted molar refractivity (Wildman–Crippen MR) is 227 cm³/mol. The zero-order valence-corrected chi connectivity index (χ0v) is 29.3. The quantitative estimate of drug-likeness (QED) is 0.169. The van der Waals surface area contributed by atoms with Crippen LogP contribution in [0.15, 0.2) is 199 Å². The van der Waals surface area contributed by atoms with Crippen molar-refractivity contribution in [2.45, 2.75) is 0 Å². The molecule has 0 amide bonds. The van der Waals surface area contributed by atoms with Gasteiger partial charge in [-0.3, -0.25) is 0 Å². The van der Waals surface area contributed by atoms with Crippen LogP contribution in [-0.4, -0.2) is 4.98 Å². The van der Waals surface area contributed by atoms with Crippen molar-refractivity contribution in [3.8, 4) is 22.6 Å². The van der Waals surface area contributed by atoms with Crippen molar-refractivity contribution in [1.82, 2.24) is 4.98 Å². The van der Waals surface area contributed by atoms with Crippen LogP contribution >= 0.6 is 0 Å². The summed E-state index contributed by atoms with van der Waals surface area (Å²) in [6.45, 7) is 0. The summed E-state index contributed by atoms with van der Waals surface area (Å²) in [6, 6.07) is 69.4. The molecule has 0 radical (unpaired) electrons. The molecule has 1 aromatic heterocycles. The molecule has 3 heteroatoms. The summed E-state index contributed by atoms with van der Waals surface area (Å²) in [4.78, 5) is 7.31. The fraction of sp³-hybridized carbons (Fsp3) is 0. The van der Waals surface area contributed by atoms with Gasteiger partial charge in [-0.05, 0) is 108 Å².